The average Bonchev–Trinajstić information content (AvgIpc) is 2.35. The summed E-state index contributed by atoms with van der Waals surface area (Å²) in [5, 5.41) is 3.92. The van der Waals surface area contributed by atoms with Crippen molar-refractivity contribution in [3.63, 3.8) is 0 Å². The molecular formula is C14H21ClN2O2. The monoisotopic (exact) mass is 284 g/mol. The first-order valence-corrected chi connectivity index (χ1v) is 6.60. The van der Waals surface area contributed by atoms with E-state index in [1.165, 1.54) is 0 Å². The number of nitrogens with zero attached hydrogens (tertiary/aromatic N) is 1. The van der Waals surface area contributed by atoms with E-state index in [0.717, 1.165) is 12.1 Å². The summed E-state index contributed by atoms with van der Waals surface area (Å²) in [6, 6.07) is 5.45. The van der Waals surface area contributed by atoms with Crippen LogP contribution in [-0.4, -0.2) is 44.7 Å². The van der Waals surface area contributed by atoms with Gasteiger partial charge in [-0.1, -0.05) is 11.6 Å². The third-order valence-corrected chi connectivity index (χ3v) is 3.01. The molecule has 1 N–H and O–H groups in total. The highest BCUT2D eigenvalue weighted by Gasteiger charge is 2.15. The van der Waals surface area contributed by atoms with Gasteiger partial charge in [-0.05, 0) is 31.5 Å². The van der Waals surface area contributed by atoms with Gasteiger partial charge in [0.05, 0.1) is 5.56 Å². The molecule has 0 saturated heterocycles. The Morgan fingerprint density at radius 2 is 2.16 bits per heavy atom. The molecule has 0 bridgehead atoms. The molecule has 1 amide bonds. The number of amides is 1. The largest absolute Gasteiger partial charge is 0.385 e. The third kappa shape index (κ3) is 4.73. The zero-order valence-electron chi connectivity index (χ0n) is 11.9. The van der Waals surface area contributed by atoms with E-state index in [2.05, 4.69) is 5.32 Å². The van der Waals surface area contributed by atoms with Gasteiger partial charge in [-0.25, -0.2) is 0 Å². The Bertz CT molecular complexity index is 435. The van der Waals surface area contributed by atoms with E-state index in [1.54, 1.807) is 44.3 Å². The minimum atomic E-state index is -0.0434. The molecule has 1 aromatic rings. The molecule has 0 saturated carbocycles. The molecule has 0 aliphatic heterocycles. The van der Waals surface area contributed by atoms with E-state index in [1.807, 2.05) is 6.92 Å². The van der Waals surface area contributed by atoms with Crippen molar-refractivity contribution >= 4 is 23.2 Å². The van der Waals surface area contributed by atoms with E-state index < -0.39 is 0 Å². The number of nitrogens with one attached hydrogen (secondary N) is 1. The quantitative estimate of drug-likeness (QED) is 0.873. The summed E-state index contributed by atoms with van der Waals surface area (Å²) in [6.45, 7) is 2.72. The highest BCUT2D eigenvalue weighted by Crippen LogP contribution is 2.23. The minimum Gasteiger partial charge on any atom is -0.385 e. The minimum absolute atomic E-state index is 0.0434. The van der Waals surface area contributed by atoms with E-state index in [9.17, 15) is 4.79 Å². The Kier molecular flexibility index (Phi) is 6.12. The Balaban J connectivity index is 2.91. The maximum atomic E-state index is 12.1. The number of anilines is 1. The Morgan fingerprint density at radius 3 is 2.74 bits per heavy atom. The maximum absolute atomic E-state index is 12.1. The second-order valence-corrected chi connectivity index (χ2v) is 5.15. The van der Waals surface area contributed by atoms with Gasteiger partial charge in [0.2, 0.25) is 0 Å². The first-order valence-electron chi connectivity index (χ1n) is 6.22. The molecule has 0 spiro atoms. The molecule has 5 heteroatoms. The van der Waals surface area contributed by atoms with Gasteiger partial charge in [0, 0.05) is 44.6 Å². The van der Waals surface area contributed by atoms with Crippen LogP contribution in [0, 0.1) is 0 Å². The lowest BCUT2D eigenvalue weighted by atomic mass is 10.1. The summed E-state index contributed by atoms with van der Waals surface area (Å²) >= 11 is 6.00. The van der Waals surface area contributed by atoms with Crippen LogP contribution >= 0.6 is 11.6 Å². The van der Waals surface area contributed by atoms with Crippen molar-refractivity contribution in [2.75, 3.05) is 33.1 Å². The van der Waals surface area contributed by atoms with Crippen molar-refractivity contribution in [2.45, 2.75) is 19.4 Å². The van der Waals surface area contributed by atoms with Gasteiger partial charge in [0.15, 0.2) is 0 Å². The van der Waals surface area contributed by atoms with Crippen molar-refractivity contribution in [1.82, 2.24) is 4.90 Å². The van der Waals surface area contributed by atoms with Crippen LogP contribution in [0.4, 0.5) is 5.69 Å². The molecule has 0 fully saturated rings. The van der Waals surface area contributed by atoms with Gasteiger partial charge >= 0.3 is 0 Å². The summed E-state index contributed by atoms with van der Waals surface area (Å²) in [5.74, 6) is -0.0434. The number of methoxy groups -OCH3 is 1. The number of carbonyl (C=O) groups excluding carboxylic acids is 1. The molecule has 4 nitrogen and oxygen atoms in total. The van der Waals surface area contributed by atoms with Crippen LogP contribution < -0.4 is 5.32 Å². The van der Waals surface area contributed by atoms with Gasteiger partial charge in [-0.3, -0.25) is 4.79 Å². The standard InChI is InChI=1S/C14H21ClN2O2/c1-10(7-8-19-4)16-13-9-11(15)5-6-12(13)14(18)17(2)3/h5-6,9-10,16H,7-8H2,1-4H3. The molecule has 1 atom stereocenters. The fourth-order valence-corrected chi connectivity index (χ4v) is 1.87. The van der Waals surface area contributed by atoms with Gasteiger partial charge < -0.3 is 15.0 Å². The number of hydrogen-bond acceptors (Lipinski definition) is 3. The number of benzene rings is 1. The van der Waals surface area contributed by atoms with Gasteiger partial charge in [-0.2, -0.15) is 0 Å². The summed E-state index contributed by atoms with van der Waals surface area (Å²) < 4.78 is 5.05. The van der Waals surface area contributed by atoms with E-state index in [4.69, 9.17) is 16.3 Å². The zero-order chi connectivity index (χ0) is 14.4. The topological polar surface area (TPSA) is 41.6 Å². The van der Waals surface area contributed by atoms with E-state index >= 15 is 0 Å². The van der Waals surface area contributed by atoms with Crippen LogP contribution in [0.3, 0.4) is 0 Å². The van der Waals surface area contributed by atoms with Crippen LogP contribution in [0.1, 0.15) is 23.7 Å². The molecule has 0 radical (unpaired) electrons. The van der Waals surface area contributed by atoms with Crippen molar-refractivity contribution in [2.24, 2.45) is 0 Å². The Labute approximate surface area is 119 Å². The normalized spacial score (nSPS) is 12.1. The lowest BCUT2D eigenvalue weighted by Crippen LogP contribution is -2.25. The molecule has 1 aromatic carbocycles. The average molecular weight is 285 g/mol. The SMILES string of the molecule is COCCC(C)Nc1cc(Cl)ccc1C(=O)N(C)C. The van der Waals surface area contributed by atoms with E-state index in [-0.39, 0.29) is 11.9 Å². The number of ether oxygens (including phenoxy) is 1. The van der Waals surface area contributed by atoms with Gasteiger partial charge in [0.1, 0.15) is 0 Å². The fraction of sp³-hybridized carbons (Fsp3) is 0.500. The lowest BCUT2D eigenvalue weighted by molar-refractivity contribution is 0.0828. The molecule has 1 unspecified atom stereocenters. The summed E-state index contributed by atoms with van der Waals surface area (Å²) in [5.41, 5.74) is 1.38. The molecule has 0 aliphatic carbocycles. The second-order valence-electron chi connectivity index (χ2n) is 4.72. The fourth-order valence-electron chi connectivity index (χ4n) is 1.70. The van der Waals surface area contributed by atoms with Crippen LogP contribution in [0.25, 0.3) is 0 Å². The number of rotatable bonds is 6. The molecule has 0 heterocycles. The molecule has 19 heavy (non-hydrogen) atoms. The van der Waals surface area contributed by atoms with Crippen molar-refractivity contribution < 1.29 is 9.53 Å². The van der Waals surface area contributed by atoms with Crippen LogP contribution in [0.2, 0.25) is 5.02 Å². The number of hydrogen-bond donors (Lipinski definition) is 1. The number of carbonyl (C=O) groups is 1. The molecular weight excluding hydrogens is 264 g/mol. The first-order chi connectivity index (χ1) is 8.95. The number of halogens is 1. The van der Waals surface area contributed by atoms with Crippen LogP contribution in [0.15, 0.2) is 18.2 Å². The third-order valence-electron chi connectivity index (χ3n) is 2.78. The second kappa shape index (κ2) is 7.36. The van der Waals surface area contributed by atoms with Crippen molar-refractivity contribution in [3.8, 4) is 0 Å². The molecule has 106 valence electrons. The zero-order valence-corrected chi connectivity index (χ0v) is 12.6. The molecule has 1 rings (SSSR count). The van der Waals surface area contributed by atoms with Crippen LogP contribution in [-0.2, 0) is 4.74 Å². The van der Waals surface area contributed by atoms with Gasteiger partial charge in [0.25, 0.3) is 5.91 Å². The maximum Gasteiger partial charge on any atom is 0.255 e. The van der Waals surface area contributed by atoms with Crippen molar-refractivity contribution in [3.05, 3.63) is 28.8 Å². The summed E-state index contributed by atoms with van der Waals surface area (Å²) in [7, 11) is 5.14. The predicted molar refractivity (Wildman–Crippen MR) is 79.0 cm³/mol. The molecule has 0 aliphatic rings. The lowest BCUT2D eigenvalue weighted by Gasteiger charge is -2.19. The predicted octanol–water partition coefficient (Wildman–Crippen LogP) is 2.88. The smallest absolute Gasteiger partial charge is 0.255 e. The van der Waals surface area contributed by atoms with Gasteiger partial charge in [-0.15, -0.1) is 0 Å². The van der Waals surface area contributed by atoms with E-state index in [0.29, 0.717) is 17.2 Å². The van der Waals surface area contributed by atoms with Crippen molar-refractivity contribution in [1.29, 1.82) is 0 Å². The first kappa shape index (κ1) is 15.8. The summed E-state index contributed by atoms with van der Waals surface area (Å²) in [6.07, 6.45) is 0.860. The van der Waals surface area contributed by atoms with Crippen LogP contribution in [0.5, 0.6) is 0 Å². The molecule has 0 aromatic heterocycles. The highest BCUT2D eigenvalue weighted by atomic mass is 35.5. The Hall–Kier alpha value is -1.26. The highest BCUT2D eigenvalue weighted by molar-refractivity contribution is 6.31. The summed E-state index contributed by atoms with van der Waals surface area (Å²) in [4.78, 5) is 13.6. The Morgan fingerprint density at radius 1 is 1.47 bits per heavy atom.